The Morgan fingerprint density at radius 2 is 1.57 bits per heavy atom. The topological polar surface area (TPSA) is 48.1 Å². The van der Waals surface area contributed by atoms with E-state index in [9.17, 15) is 4.79 Å². The number of hydrogen-bond donors (Lipinski definition) is 2. The van der Waals surface area contributed by atoms with Gasteiger partial charge in [-0.3, -0.25) is 10.1 Å². The SMILES string of the molecule is CN(C)Cc1ccccc1CN[C@H](C(=O)c1c[nH]c2ccccc12)c1ccccc1. The summed E-state index contributed by atoms with van der Waals surface area (Å²) in [7, 11) is 4.13. The fourth-order valence-electron chi connectivity index (χ4n) is 3.88. The molecular formula is C26H27N3O. The average molecular weight is 398 g/mol. The molecule has 4 nitrogen and oxygen atoms in total. The first-order chi connectivity index (χ1) is 14.6. The lowest BCUT2D eigenvalue weighted by Crippen LogP contribution is -2.29. The number of H-pyrrole nitrogens is 1. The van der Waals surface area contributed by atoms with Crippen LogP contribution in [0, 0.1) is 0 Å². The predicted molar refractivity (Wildman–Crippen MR) is 122 cm³/mol. The first-order valence-electron chi connectivity index (χ1n) is 10.2. The molecule has 0 amide bonds. The van der Waals surface area contributed by atoms with Crippen LogP contribution in [0.4, 0.5) is 0 Å². The molecule has 3 aromatic carbocycles. The summed E-state index contributed by atoms with van der Waals surface area (Å²) in [5.74, 6) is 0.0729. The minimum Gasteiger partial charge on any atom is -0.360 e. The van der Waals surface area contributed by atoms with Crippen molar-refractivity contribution in [1.29, 1.82) is 0 Å². The molecule has 4 aromatic rings. The molecule has 0 aliphatic rings. The molecule has 0 unspecified atom stereocenters. The summed E-state index contributed by atoms with van der Waals surface area (Å²) in [6.07, 6.45) is 1.82. The number of rotatable bonds is 8. The van der Waals surface area contributed by atoms with Gasteiger partial charge in [0.1, 0.15) is 0 Å². The van der Waals surface area contributed by atoms with Gasteiger partial charge in [-0.2, -0.15) is 0 Å². The Balaban J connectivity index is 1.64. The van der Waals surface area contributed by atoms with Crippen LogP contribution in [0.5, 0.6) is 0 Å². The van der Waals surface area contributed by atoms with Crippen molar-refractivity contribution >= 4 is 16.7 Å². The lowest BCUT2D eigenvalue weighted by molar-refractivity contribution is 0.0943. The van der Waals surface area contributed by atoms with E-state index in [4.69, 9.17) is 0 Å². The number of aromatic nitrogens is 1. The van der Waals surface area contributed by atoms with Gasteiger partial charge in [-0.25, -0.2) is 0 Å². The van der Waals surface area contributed by atoms with Gasteiger partial charge in [0, 0.05) is 35.8 Å². The molecule has 1 heterocycles. The summed E-state index contributed by atoms with van der Waals surface area (Å²) >= 11 is 0. The quantitative estimate of drug-likeness (QED) is 0.414. The highest BCUT2D eigenvalue weighted by Gasteiger charge is 2.24. The number of carbonyl (C=O) groups excluding carboxylic acids is 1. The van der Waals surface area contributed by atoms with Crippen LogP contribution in [0.15, 0.2) is 85.1 Å². The molecule has 0 radical (unpaired) electrons. The van der Waals surface area contributed by atoms with E-state index in [1.54, 1.807) is 0 Å². The number of fused-ring (bicyclic) bond motifs is 1. The van der Waals surface area contributed by atoms with Crippen molar-refractivity contribution < 1.29 is 4.79 Å². The number of benzene rings is 3. The first kappa shape index (κ1) is 20.1. The minimum absolute atomic E-state index is 0.0729. The van der Waals surface area contributed by atoms with Gasteiger partial charge in [0.05, 0.1) is 6.04 Å². The van der Waals surface area contributed by atoms with E-state index in [1.165, 1.54) is 11.1 Å². The molecule has 0 bridgehead atoms. The molecule has 0 spiro atoms. The maximum absolute atomic E-state index is 13.6. The maximum Gasteiger partial charge on any atom is 0.186 e. The monoisotopic (exact) mass is 397 g/mol. The molecule has 0 fully saturated rings. The van der Waals surface area contributed by atoms with Crippen LogP contribution < -0.4 is 5.32 Å². The third kappa shape index (κ3) is 4.35. The van der Waals surface area contributed by atoms with E-state index in [1.807, 2.05) is 60.8 Å². The zero-order valence-electron chi connectivity index (χ0n) is 17.4. The summed E-state index contributed by atoms with van der Waals surface area (Å²) in [6, 6.07) is 25.9. The van der Waals surface area contributed by atoms with Crippen LogP contribution in [0.2, 0.25) is 0 Å². The zero-order valence-corrected chi connectivity index (χ0v) is 17.4. The predicted octanol–water partition coefficient (Wildman–Crippen LogP) is 4.94. The van der Waals surface area contributed by atoms with Crippen molar-refractivity contribution in [3.63, 3.8) is 0 Å². The molecule has 0 aliphatic carbocycles. The summed E-state index contributed by atoms with van der Waals surface area (Å²) in [5.41, 5.74) is 5.13. The highest BCUT2D eigenvalue weighted by Crippen LogP contribution is 2.25. The van der Waals surface area contributed by atoms with Crippen LogP contribution in [0.3, 0.4) is 0 Å². The Morgan fingerprint density at radius 3 is 2.33 bits per heavy atom. The molecule has 1 atom stereocenters. The molecule has 0 saturated carbocycles. The van der Waals surface area contributed by atoms with Gasteiger partial charge in [-0.05, 0) is 36.9 Å². The van der Waals surface area contributed by atoms with E-state index in [-0.39, 0.29) is 5.78 Å². The summed E-state index contributed by atoms with van der Waals surface area (Å²) in [4.78, 5) is 19.0. The van der Waals surface area contributed by atoms with Crippen molar-refractivity contribution in [2.75, 3.05) is 14.1 Å². The second-order valence-corrected chi connectivity index (χ2v) is 7.84. The van der Waals surface area contributed by atoms with Crippen LogP contribution >= 0.6 is 0 Å². The Kier molecular flexibility index (Phi) is 6.07. The van der Waals surface area contributed by atoms with Crippen LogP contribution in [0.25, 0.3) is 10.9 Å². The van der Waals surface area contributed by atoms with Gasteiger partial charge in [-0.1, -0.05) is 72.8 Å². The molecular weight excluding hydrogens is 370 g/mol. The fourth-order valence-corrected chi connectivity index (χ4v) is 3.88. The van der Waals surface area contributed by atoms with Gasteiger partial charge in [0.25, 0.3) is 0 Å². The fraction of sp³-hybridized carbons (Fsp3) is 0.192. The van der Waals surface area contributed by atoms with Crippen LogP contribution in [-0.2, 0) is 13.1 Å². The van der Waals surface area contributed by atoms with Gasteiger partial charge >= 0.3 is 0 Å². The number of para-hydroxylation sites is 1. The normalized spacial score (nSPS) is 12.4. The molecule has 4 heteroatoms. The Bertz CT molecular complexity index is 1130. The maximum atomic E-state index is 13.6. The van der Waals surface area contributed by atoms with Crippen LogP contribution in [-0.4, -0.2) is 29.8 Å². The lowest BCUT2D eigenvalue weighted by Gasteiger charge is -2.20. The van der Waals surface area contributed by atoms with Crippen molar-refractivity contribution in [2.24, 2.45) is 0 Å². The summed E-state index contributed by atoms with van der Waals surface area (Å²) in [5, 5.41) is 4.49. The van der Waals surface area contributed by atoms with E-state index in [0.29, 0.717) is 12.1 Å². The van der Waals surface area contributed by atoms with Crippen molar-refractivity contribution in [1.82, 2.24) is 15.2 Å². The smallest absolute Gasteiger partial charge is 0.186 e. The van der Waals surface area contributed by atoms with E-state index < -0.39 is 6.04 Å². The molecule has 152 valence electrons. The third-order valence-electron chi connectivity index (χ3n) is 5.35. The number of hydrogen-bond acceptors (Lipinski definition) is 3. The number of aromatic amines is 1. The first-order valence-corrected chi connectivity index (χ1v) is 10.2. The number of nitrogens with one attached hydrogen (secondary N) is 2. The highest BCUT2D eigenvalue weighted by molar-refractivity contribution is 6.10. The zero-order chi connectivity index (χ0) is 20.9. The Hall–Kier alpha value is -3.21. The number of carbonyl (C=O) groups is 1. The Labute approximate surface area is 177 Å². The minimum atomic E-state index is -0.419. The van der Waals surface area contributed by atoms with Gasteiger partial charge < -0.3 is 9.88 Å². The van der Waals surface area contributed by atoms with Gasteiger partial charge in [-0.15, -0.1) is 0 Å². The standard InChI is InChI=1S/C26H27N3O/c1-29(2)18-21-13-7-6-12-20(21)16-28-25(19-10-4-3-5-11-19)26(30)23-17-27-24-15-9-8-14-22(23)24/h3-15,17,25,27-28H,16,18H2,1-2H3/t25-/m0/s1. The van der Waals surface area contributed by atoms with E-state index in [2.05, 4.69) is 53.6 Å². The van der Waals surface area contributed by atoms with E-state index >= 15 is 0 Å². The molecule has 2 N–H and O–H groups in total. The molecule has 1 aromatic heterocycles. The highest BCUT2D eigenvalue weighted by atomic mass is 16.1. The molecule has 0 saturated heterocycles. The van der Waals surface area contributed by atoms with E-state index in [0.717, 1.165) is 23.0 Å². The van der Waals surface area contributed by atoms with Gasteiger partial charge in [0.15, 0.2) is 5.78 Å². The average Bonchev–Trinajstić information content (AvgIpc) is 3.19. The molecule has 30 heavy (non-hydrogen) atoms. The largest absolute Gasteiger partial charge is 0.360 e. The van der Waals surface area contributed by atoms with Crippen molar-refractivity contribution in [3.8, 4) is 0 Å². The van der Waals surface area contributed by atoms with Crippen LogP contribution in [0.1, 0.15) is 33.1 Å². The summed E-state index contributed by atoms with van der Waals surface area (Å²) in [6.45, 7) is 1.49. The van der Waals surface area contributed by atoms with Crippen molar-refractivity contribution in [2.45, 2.75) is 19.1 Å². The van der Waals surface area contributed by atoms with Crippen molar-refractivity contribution in [3.05, 3.63) is 107 Å². The summed E-state index contributed by atoms with van der Waals surface area (Å²) < 4.78 is 0. The second-order valence-electron chi connectivity index (χ2n) is 7.84. The third-order valence-corrected chi connectivity index (χ3v) is 5.35. The Morgan fingerprint density at radius 1 is 0.900 bits per heavy atom. The molecule has 4 rings (SSSR count). The van der Waals surface area contributed by atoms with Gasteiger partial charge in [0.2, 0.25) is 0 Å². The number of Topliss-reactive ketones (excluding diaryl/α,β-unsaturated/α-hetero) is 1. The number of ketones is 1. The lowest BCUT2D eigenvalue weighted by atomic mass is 9.96. The molecule has 0 aliphatic heterocycles. The number of nitrogens with zero attached hydrogens (tertiary/aromatic N) is 1. The second kappa shape index (κ2) is 9.08.